The highest BCUT2D eigenvalue weighted by atomic mass is 35.5. The van der Waals surface area contributed by atoms with Gasteiger partial charge >= 0.3 is 12.1 Å². The number of fused-ring (bicyclic) bond motifs is 4. The van der Waals surface area contributed by atoms with Crippen LogP contribution in [0.2, 0.25) is 15.1 Å². The van der Waals surface area contributed by atoms with E-state index in [2.05, 4.69) is 5.10 Å². The Hall–Kier alpha value is -2.30. The number of aromatic nitrogens is 2. The molecule has 232 valence electrons. The minimum Gasteiger partial charge on any atom is -0.481 e. The number of carboxylic acids is 1. The number of carbonyl (C=O) groups excluding carboxylic acids is 2. The number of carboxylic acid groups (broad SMARTS) is 1. The summed E-state index contributed by atoms with van der Waals surface area (Å²) in [7, 11) is 0. The fraction of sp³-hybridized carbons (Fsp3) is 0.600. The summed E-state index contributed by atoms with van der Waals surface area (Å²) < 4.78 is 45.7. The van der Waals surface area contributed by atoms with Gasteiger partial charge in [0.1, 0.15) is 0 Å². The predicted octanol–water partition coefficient (Wildman–Crippen LogP) is 7.90. The summed E-state index contributed by atoms with van der Waals surface area (Å²) in [6, 6.07) is 2.70. The smallest absolute Gasteiger partial charge is 0.433 e. The van der Waals surface area contributed by atoms with E-state index in [4.69, 9.17) is 34.8 Å². The van der Waals surface area contributed by atoms with E-state index in [-0.39, 0.29) is 65.1 Å². The number of hydrogen-bond acceptors (Lipinski definition) is 4. The number of alkyl halides is 3. The molecule has 43 heavy (non-hydrogen) atoms. The van der Waals surface area contributed by atoms with E-state index in [0.717, 1.165) is 23.7 Å². The number of benzene rings is 1. The van der Waals surface area contributed by atoms with Crippen LogP contribution in [0.5, 0.6) is 0 Å². The molecule has 7 rings (SSSR count). The van der Waals surface area contributed by atoms with E-state index in [1.807, 2.05) is 13.8 Å². The Morgan fingerprint density at radius 2 is 1.60 bits per heavy atom. The van der Waals surface area contributed by atoms with E-state index < -0.39 is 63.5 Å². The van der Waals surface area contributed by atoms with Crippen molar-refractivity contribution in [1.29, 1.82) is 0 Å². The lowest BCUT2D eigenvalue weighted by atomic mass is 9.57. The van der Waals surface area contributed by atoms with Gasteiger partial charge < -0.3 is 10.0 Å². The number of Topliss-reactive ketones (excluding diaryl/α,β-unsaturated/α-hetero) is 1. The van der Waals surface area contributed by atoms with Gasteiger partial charge in [0.25, 0.3) is 5.91 Å². The van der Waals surface area contributed by atoms with Gasteiger partial charge in [-0.25, -0.2) is 0 Å². The lowest BCUT2D eigenvalue weighted by Gasteiger charge is -2.51. The first-order valence-corrected chi connectivity index (χ1v) is 15.5. The minimum absolute atomic E-state index is 0.0108. The van der Waals surface area contributed by atoms with Gasteiger partial charge in [0.2, 0.25) is 0 Å². The molecule has 1 N–H and O–H groups in total. The molecule has 1 aromatic heterocycles. The number of carbonyl (C=O) groups is 3. The first-order chi connectivity index (χ1) is 20.0. The van der Waals surface area contributed by atoms with E-state index in [9.17, 15) is 32.7 Å². The molecular weight excluding hydrogens is 630 g/mol. The lowest BCUT2D eigenvalue weighted by Crippen LogP contribution is -2.52. The van der Waals surface area contributed by atoms with E-state index in [1.165, 1.54) is 17.0 Å². The largest absolute Gasteiger partial charge is 0.481 e. The third-order valence-electron chi connectivity index (χ3n) is 11.2. The second-order valence-corrected chi connectivity index (χ2v) is 14.5. The predicted molar refractivity (Wildman–Crippen MR) is 154 cm³/mol. The molecule has 2 bridgehead atoms. The van der Waals surface area contributed by atoms with Crippen LogP contribution in [-0.2, 0) is 16.5 Å². The van der Waals surface area contributed by atoms with Crippen molar-refractivity contribution in [3.8, 4) is 0 Å². The Labute approximate surface area is 261 Å². The molecule has 13 heteroatoms. The van der Waals surface area contributed by atoms with Gasteiger partial charge in [0.15, 0.2) is 11.5 Å². The van der Waals surface area contributed by atoms with Crippen LogP contribution in [-0.4, -0.2) is 49.5 Å². The first-order valence-electron chi connectivity index (χ1n) is 14.4. The van der Waals surface area contributed by atoms with Crippen molar-refractivity contribution in [2.24, 2.45) is 16.7 Å². The lowest BCUT2D eigenvalue weighted by molar-refractivity contribution is -0.163. The topological polar surface area (TPSA) is 92.5 Å². The fourth-order valence-corrected chi connectivity index (χ4v) is 9.82. The number of halogens is 6. The average Bonchev–Trinajstić information content (AvgIpc) is 3.38. The molecule has 0 saturated heterocycles. The van der Waals surface area contributed by atoms with Gasteiger partial charge in [-0.05, 0) is 74.8 Å². The van der Waals surface area contributed by atoms with Crippen molar-refractivity contribution in [2.45, 2.75) is 88.9 Å². The highest BCUT2D eigenvalue weighted by Gasteiger charge is 2.76. The van der Waals surface area contributed by atoms with Crippen molar-refractivity contribution in [1.82, 2.24) is 14.7 Å². The quantitative estimate of drug-likeness (QED) is 0.305. The van der Waals surface area contributed by atoms with Gasteiger partial charge in [-0.1, -0.05) is 55.1 Å². The van der Waals surface area contributed by atoms with Gasteiger partial charge in [0.05, 0.1) is 50.4 Å². The Kier molecular flexibility index (Phi) is 7.03. The van der Waals surface area contributed by atoms with Crippen LogP contribution in [0.15, 0.2) is 18.3 Å². The number of amides is 1. The maximum Gasteiger partial charge on any atom is 0.433 e. The third-order valence-corrected chi connectivity index (χ3v) is 12.0. The first kappa shape index (κ1) is 30.7. The normalized spacial score (nSPS) is 30.7. The number of hydrogen-bond donors (Lipinski definition) is 1. The van der Waals surface area contributed by atoms with E-state index in [0.29, 0.717) is 6.42 Å². The molecular formula is C30H31Cl3F3N3O4. The zero-order valence-corrected chi connectivity index (χ0v) is 25.9. The van der Waals surface area contributed by atoms with Crippen LogP contribution in [0, 0.1) is 16.7 Å². The Morgan fingerprint density at radius 3 is 2.09 bits per heavy atom. The van der Waals surface area contributed by atoms with Crippen LogP contribution in [0.1, 0.15) is 98.0 Å². The molecule has 1 amide bonds. The minimum atomic E-state index is -4.93. The maximum atomic E-state index is 14.9. The molecule has 0 aliphatic heterocycles. The zero-order chi connectivity index (χ0) is 31.3. The Bertz CT molecular complexity index is 1510. The van der Waals surface area contributed by atoms with Crippen LogP contribution < -0.4 is 0 Å². The summed E-state index contributed by atoms with van der Waals surface area (Å²) in [5.74, 6) is -2.44. The number of rotatable bonds is 7. The monoisotopic (exact) mass is 659 g/mol. The van der Waals surface area contributed by atoms with Gasteiger partial charge in [0, 0.05) is 5.02 Å². The highest BCUT2D eigenvalue weighted by molar-refractivity contribution is 6.42. The number of ketones is 1. The van der Waals surface area contributed by atoms with E-state index >= 15 is 0 Å². The highest BCUT2D eigenvalue weighted by Crippen LogP contribution is 2.73. The van der Waals surface area contributed by atoms with Crippen LogP contribution >= 0.6 is 34.8 Å². The van der Waals surface area contributed by atoms with Crippen molar-refractivity contribution < 1.29 is 32.7 Å². The fourth-order valence-electron chi connectivity index (χ4n) is 8.80. The second kappa shape index (κ2) is 9.85. The number of nitrogens with zero attached hydrogens (tertiary/aromatic N) is 3. The van der Waals surface area contributed by atoms with Crippen LogP contribution in [0.25, 0.3) is 0 Å². The summed E-state index contributed by atoms with van der Waals surface area (Å²) >= 11 is 18.7. The summed E-state index contributed by atoms with van der Waals surface area (Å²) in [5.41, 5.74) is -5.04. The zero-order valence-electron chi connectivity index (χ0n) is 23.7. The maximum absolute atomic E-state index is 14.9. The Morgan fingerprint density at radius 1 is 1.02 bits per heavy atom. The molecule has 5 aliphatic carbocycles. The van der Waals surface area contributed by atoms with E-state index in [1.54, 1.807) is 0 Å². The van der Waals surface area contributed by atoms with Crippen LogP contribution in [0.3, 0.4) is 0 Å². The average molecular weight is 661 g/mol. The molecule has 5 saturated carbocycles. The van der Waals surface area contributed by atoms with Crippen molar-refractivity contribution >= 4 is 52.5 Å². The summed E-state index contributed by atoms with van der Waals surface area (Å²) in [5, 5.41) is 14.1. The summed E-state index contributed by atoms with van der Waals surface area (Å²) in [4.78, 5) is 41.3. The van der Waals surface area contributed by atoms with Crippen molar-refractivity contribution in [3.63, 3.8) is 0 Å². The van der Waals surface area contributed by atoms with Crippen molar-refractivity contribution in [2.75, 3.05) is 6.54 Å². The van der Waals surface area contributed by atoms with Gasteiger partial charge in [-0.2, -0.15) is 18.3 Å². The standard InChI is InChI=1S/C30H31Cl3F3N3O4/c1-26(2)21-4-3-5-29(21,26)38(15-20(40)22-18(32)12-16(31)13-19(22)33)24(41)17-14-37-39(23(17)30(34,35)36)28-9-6-27(7-10-28,8-11-28)25(42)43/h12-14,21H,3-11,15H2,1-2H3,(H,42,43). The van der Waals surface area contributed by atoms with Crippen molar-refractivity contribution in [3.05, 3.63) is 50.2 Å². The molecule has 7 nitrogen and oxygen atoms in total. The molecule has 5 fully saturated rings. The SMILES string of the molecule is CC1(C)C2CCCC21N(CC(=O)c1c(Cl)cc(Cl)cc1Cl)C(=O)c1cnn(C23CCC(C(=O)O)(CC2)CC3)c1C(F)(F)F. The summed E-state index contributed by atoms with van der Waals surface area (Å²) in [6.45, 7) is 3.42. The third kappa shape index (κ3) is 4.36. The molecule has 1 heterocycles. The molecule has 0 radical (unpaired) electrons. The molecule has 2 atom stereocenters. The molecule has 2 aromatic rings. The second-order valence-electron chi connectivity index (χ2n) is 13.3. The summed E-state index contributed by atoms with van der Waals surface area (Å²) in [6.07, 6.45) is -0.501. The molecule has 1 aromatic carbocycles. The Balaban J connectivity index is 1.42. The number of aliphatic carboxylic acids is 1. The molecule has 0 spiro atoms. The van der Waals surface area contributed by atoms with Gasteiger partial charge in [-0.3, -0.25) is 19.1 Å². The molecule has 2 unspecified atom stereocenters. The van der Waals surface area contributed by atoms with Crippen LogP contribution in [0.4, 0.5) is 13.2 Å². The molecule has 5 aliphatic rings. The van der Waals surface area contributed by atoms with Gasteiger partial charge in [-0.15, -0.1) is 0 Å².